The van der Waals surface area contributed by atoms with Crippen molar-refractivity contribution in [1.82, 2.24) is 10.3 Å². The van der Waals surface area contributed by atoms with Crippen molar-refractivity contribution < 1.29 is 9.59 Å². The Morgan fingerprint density at radius 1 is 1.26 bits per heavy atom. The maximum atomic E-state index is 12.0. The zero-order chi connectivity index (χ0) is 14.3. The van der Waals surface area contributed by atoms with E-state index in [9.17, 15) is 9.59 Å². The topological polar surface area (TPSA) is 59.1 Å². The number of amides is 1. The predicted molar refractivity (Wildman–Crippen MR) is 74.9 cm³/mol. The monoisotopic (exact) mass is 262 g/mol. The maximum Gasteiger partial charge on any atom is 0.270 e. The number of rotatable bonds is 7. The lowest BCUT2D eigenvalue weighted by molar-refractivity contribution is -0.117. The van der Waals surface area contributed by atoms with E-state index in [1.165, 1.54) is 0 Å². The minimum absolute atomic E-state index is 0.155. The molecule has 4 nitrogen and oxygen atoms in total. The first-order valence-corrected chi connectivity index (χ1v) is 6.64. The highest BCUT2D eigenvalue weighted by Gasteiger charge is 2.21. The third-order valence-corrected chi connectivity index (χ3v) is 2.93. The van der Waals surface area contributed by atoms with E-state index in [4.69, 9.17) is 0 Å². The highest BCUT2D eigenvalue weighted by Crippen LogP contribution is 2.14. The zero-order valence-corrected chi connectivity index (χ0v) is 11.9. The molecule has 0 aliphatic carbocycles. The van der Waals surface area contributed by atoms with Gasteiger partial charge in [-0.25, -0.2) is 0 Å². The van der Waals surface area contributed by atoms with E-state index in [0.29, 0.717) is 12.1 Å². The van der Waals surface area contributed by atoms with Crippen molar-refractivity contribution in [3.8, 4) is 0 Å². The lowest BCUT2D eigenvalue weighted by atomic mass is 9.96. The molecule has 1 rings (SSSR count). The van der Waals surface area contributed by atoms with Crippen molar-refractivity contribution in [1.29, 1.82) is 0 Å². The highest BCUT2D eigenvalue weighted by molar-refractivity contribution is 5.92. The van der Waals surface area contributed by atoms with Gasteiger partial charge in [-0.3, -0.25) is 9.78 Å². The first-order valence-electron chi connectivity index (χ1n) is 6.64. The van der Waals surface area contributed by atoms with Crippen molar-refractivity contribution in [2.75, 3.05) is 0 Å². The third-order valence-electron chi connectivity index (χ3n) is 2.93. The number of nitrogens with zero attached hydrogens (tertiary/aromatic N) is 1. The van der Waals surface area contributed by atoms with Crippen LogP contribution in [0.3, 0.4) is 0 Å². The second-order valence-corrected chi connectivity index (χ2v) is 5.46. The Bertz CT molecular complexity index is 427. The van der Waals surface area contributed by atoms with Gasteiger partial charge in [-0.2, -0.15) is 0 Å². The summed E-state index contributed by atoms with van der Waals surface area (Å²) in [7, 11) is 0. The van der Waals surface area contributed by atoms with Gasteiger partial charge in [-0.15, -0.1) is 0 Å². The van der Waals surface area contributed by atoms with Crippen LogP contribution >= 0.6 is 0 Å². The third kappa shape index (κ3) is 6.13. The van der Waals surface area contributed by atoms with Crippen LogP contribution in [0.2, 0.25) is 0 Å². The summed E-state index contributed by atoms with van der Waals surface area (Å²) in [5, 5.41) is 2.97. The molecule has 1 amide bonds. The largest absolute Gasteiger partial charge is 0.346 e. The number of unbranched alkanes of at least 4 members (excludes halogenated alkanes) is 1. The first kappa shape index (κ1) is 15.3. The van der Waals surface area contributed by atoms with Crippen molar-refractivity contribution in [3.63, 3.8) is 0 Å². The molecule has 0 saturated heterocycles. The second-order valence-electron chi connectivity index (χ2n) is 5.46. The average Bonchev–Trinajstić information content (AvgIpc) is 2.35. The lowest BCUT2D eigenvalue weighted by Gasteiger charge is -2.26. The van der Waals surface area contributed by atoms with Gasteiger partial charge >= 0.3 is 0 Å². The van der Waals surface area contributed by atoms with Crippen LogP contribution in [0.15, 0.2) is 24.4 Å². The van der Waals surface area contributed by atoms with Crippen LogP contribution in [0.25, 0.3) is 0 Å². The molecule has 0 aliphatic rings. The molecule has 0 bridgehead atoms. The fourth-order valence-corrected chi connectivity index (χ4v) is 1.87. The van der Waals surface area contributed by atoms with E-state index in [1.54, 1.807) is 31.3 Å². The van der Waals surface area contributed by atoms with Crippen LogP contribution in [0.1, 0.15) is 56.9 Å². The van der Waals surface area contributed by atoms with E-state index in [1.807, 2.05) is 13.8 Å². The summed E-state index contributed by atoms with van der Waals surface area (Å²) in [6, 6.07) is 5.27. The molecule has 0 fully saturated rings. The number of hydrogen-bond donors (Lipinski definition) is 1. The Morgan fingerprint density at radius 2 is 2.00 bits per heavy atom. The summed E-state index contributed by atoms with van der Waals surface area (Å²) in [4.78, 5) is 26.9. The summed E-state index contributed by atoms with van der Waals surface area (Å²) < 4.78 is 0. The number of ketones is 1. The molecule has 0 saturated carbocycles. The van der Waals surface area contributed by atoms with Crippen molar-refractivity contribution in [3.05, 3.63) is 30.1 Å². The highest BCUT2D eigenvalue weighted by atomic mass is 16.2. The van der Waals surface area contributed by atoms with Gasteiger partial charge in [0.2, 0.25) is 0 Å². The van der Waals surface area contributed by atoms with Gasteiger partial charge in [-0.05, 0) is 45.7 Å². The van der Waals surface area contributed by atoms with E-state index in [-0.39, 0.29) is 17.2 Å². The van der Waals surface area contributed by atoms with Gasteiger partial charge in [0.25, 0.3) is 5.91 Å². The van der Waals surface area contributed by atoms with Gasteiger partial charge < -0.3 is 10.1 Å². The van der Waals surface area contributed by atoms with Gasteiger partial charge in [0.1, 0.15) is 11.5 Å². The summed E-state index contributed by atoms with van der Waals surface area (Å²) >= 11 is 0. The number of Topliss-reactive ketones (excluding diaryl/α,β-unsaturated/α-hetero) is 1. The fourth-order valence-electron chi connectivity index (χ4n) is 1.87. The number of nitrogens with one attached hydrogen (secondary N) is 1. The maximum absolute atomic E-state index is 12.0. The summed E-state index contributed by atoms with van der Waals surface area (Å²) in [5.74, 6) is 0.0625. The van der Waals surface area contributed by atoms with Crippen molar-refractivity contribution >= 4 is 11.7 Å². The molecule has 0 atom stereocenters. The molecule has 104 valence electrons. The normalized spacial score (nSPS) is 11.1. The molecule has 0 aromatic carbocycles. The molecule has 1 heterocycles. The minimum Gasteiger partial charge on any atom is -0.346 e. The number of pyridine rings is 1. The molecular formula is C15H22N2O2. The molecule has 1 aromatic heterocycles. The molecule has 19 heavy (non-hydrogen) atoms. The van der Waals surface area contributed by atoms with Crippen LogP contribution in [-0.4, -0.2) is 22.2 Å². The van der Waals surface area contributed by atoms with E-state index in [0.717, 1.165) is 19.3 Å². The average molecular weight is 262 g/mol. The van der Waals surface area contributed by atoms with E-state index in [2.05, 4.69) is 10.3 Å². The predicted octanol–water partition coefficient (Wildman–Crippen LogP) is 2.74. The van der Waals surface area contributed by atoms with Crippen LogP contribution in [0, 0.1) is 0 Å². The molecule has 0 radical (unpaired) electrons. The summed E-state index contributed by atoms with van der Waals surface area (Å²) in [6.07, 6.45) is 4.87. The Balaban J connectivity index is 2.41. The van der Waals surface area contributed by atoms with Crippen LogP contribution in [0.5, 0.6) is 0 Å². The van der Waals surface area contributed by atoms with Gasteiger partial charge in [0.15, 0.2) is 0 Å². The van der Waals surface area contributed by atoms with Crippen molar-refractivity contribution in [2.24, 2.45) is 0 Å². The first-order chi connectivity index (χ1) is 8.91. The fraction of sp³-hybridized carbons (Fsp3) is 0.533. The quantitative estimate of drug-likeness (QED) is 0.769. The Morgan fingerprint density at radius 3 is 2.58 bits per heavy atom. The Kier molecular flexibility index (Phi) is 5.67. The molecule has 1 N–H and O–H groups in total. The van der Waals surface area contributed by atoms with Gasteiger partial charge in [0.05, 0.1) is 0 Å². The number of hydrogen-bond acceptors (Lipinski definition) is 3. The number of carbonyl (C=O) groups excluding carboxylic acids is 2. The molecule has 0 spiro atoms. The minimum atomic E-state index is -0.286. The van der Waals surface area contributed by atoms with E-state index < -0.39 is 0 Å². The van der Waals surface area contributed by atoms with Crippen LogP contribution in [-0.2, 0) is 4.79 Å². The standard InChI is InChI=1S/C15H22N2O2/c1-12(18)8-4-6-10-15(2,3)17-14(19)13-9-5-7-11-16-13/h5,7,9,11H,4,6,8,10H2,1-3H3,(H,17,19). The molecule has 1 aromatic rings. The summed E-state index contributed by atoms with van der Waals surface area (Å²) in [6.45, 7) is 5.58. The number of aromatic nitrogens is 1. The van der Waals surface area contributed by atoms with Crippen LogP contribution < -0.4 is 5.32 Å². The molecule has 0 aliphatic heterocycles. The molecular weight excluding hydrogens is 240 g/mol. The molecule has 0 unspecified atom stereocenters. The number of carbonyl (C=O) groups is 2. The molecule has 4 heteroatoms. The van der Waals surface area contributed by atoms with Gasteiger partial charge in [0, 0.05) is 18.2 Å². The Hall–Kier alpha value is -1.71. The Labute approximate surface area is 114 Å². The van der Waals surface area contributed by atoms with Gasteiger partial charge in [-0.1, -0.05) is 12.5 Å². The zero-order valence-electron chi connectivity index (χ0n) is 11.9. The SMILES string of the molecule is CC(=O)CCCCC(C)(C)NC(=O)c1ccccn1. The lowest BCUT2D eigenvalue weighted by Crippen LogP contribution is -2.43. The second kappa shape index (κ2) is 7.02. The smallest absolute Gasteiger partial charge is 0.270 e. The van der Waals surface area contributed by atoms with Crippen molar-refractivity contribution in [2.45, 2.75) is 52.0 Å². The summed E-state index contributed by atoms with van der Waals surface area (Å²) in [5.41, 5.74) is 0.144. The van der Waals surface area contributed by atoms with E-state index >= 15 is 0 Å². The van der Waals surface area contributed by atoms with Crippen LogP contribution in [0.4, 0.5) is 0 Å².